The molecule has 0 amide bonds. The predicted octanol–water partition coefficient (Wildman–Crippen LogP) is 2.34. The molecule has 1 rings (SSSR count). The summed E-state index contributed by atoms with van der Waals surface area (Å²) in [6, 6.07) is 1.54. The molecule has 12 heavy (non-hydrogen) atoms. The number of hydrogen-bond donors (Lipinski definition) is 0. The summed E-state index contributed by atoms with van der Waals surface area (Å²) in [5, 5.41) is 0. The van der Waals surface area contributed by atoms with E-state index in [4.69, 9.17) is 4.74 Å². The molecule has 2 nitrogen and oxygen atoms in total. The van der Waals surface area contributed by atoms with Crippen LogP contribution in [0.4, 0.5) is 8.78 Å². The monoisotopic (exact) mass is 173 g/mol. The number of rotatable bonds is 2. The lowest BCUT2D eigenvalue weighted by Crippen LogP contribution is -1.95. The van der Waals surface area contributed by atoms with Crippen molar-refractivity contribution in [1.82, 2.24) is 4.98 Å². The minimum Gasteiger partial charge on any atom is -0.495 e. The lowest BCUT2D eigenvalue weighted by Gasteiger charge is -2.04. The molecule has 0 radical (unpaired) electrons. The molecule has 0 bridgehead atoms. The Balaban J connectivity index is 3.03. The average molecular weight is 173 g/mol. The number of pyridine rings is 1. The van der Waals surface area contributed by atoms with E-state index in [-0.39, 0.29) is 5.69 Å². The summed E-state index contributed by atoms with van der Waals surface area (Å²) in [6.45, 7) is 1.58. The number of nitrogens with zero attached hydrogens (tertiary/aromatic N) is 1. The van der Waals surface area contributed by atoms with Gasteiger partial charge in [0.1, 0.15) is 11.4 Å². The largest absolute Gasteiger partial charge is 0.495 e. The van der Waals surface area contributed by atoms with Crippen molar-refractivity contribution >= 4 is 0 Å². The van der Waals surface area contributed by atoms with Crippen LogP contribution < -0.4 is 4.74 Å². The Morgan fingerprint density at radius 2 is 2.17 bits per heavy atom. The third-order valence-electron chi connectivity index (χ3n) is 1.54. The van der Waals surface area contributed by atoms with Crippen LogP contribution in [0.15, 0.2) is 12.3 Å². The van der Waals surface area contributed by atoms with Crippen LogP contribution in [0, 0.1) is 6.92 Å². The summed E-state index contributed by atoms with van der Waals surface area (Å²) in [5.74, 6) is 0.497. The first-order valence-electron chi connectivity index (χ1n) is 3.44. The van der Waals surface area contributed by atoms with Crippen molar-refractivity contribution < 1.29 is 13.5 Å². The van der Waals surface area contributed by atoms with Gasteiger partial charge in [-0.05, 0) is 18.6 Å². The third kappa shape index (κ3) is 1.69. The van der Waals surface area contributed by atoms with Gasteiger partial charge in [0, 0.05) is 0 Å². The maximum absolute atomic E-state index is 12.2. The molecule has 0 atom stereocenters. The van der Waals surface area contributed by atoms with E-state index in [0.29, 0.717) is 11.3 Å². The summed E-state index contributed by atoms with van der Waals surface area (Å²) < 4.78 is 29.1. The van der Waals surface area contributed by atoms with Crippen molar-refractivity contribution in [2.75, 3.05) is 7.11 Å². The molecule has 0 aliphatic rings. The van der Waals surface area contributed by atoms with E-state index < -0.39 is 6.43 Å². The summed E-state index contributed by atoms with van der Waals surface area (Å²) >= 11 is 0. The Labute approximate surface area is 69.2 Å². The number of aromatic nitrogens is 1. The summed E-state index contributed by atoms with van der Waals surface area (Å²) in [5.41, 5.74) is 0.264. The van der Waals surface area contributed by atoms with Crippen LogP contribution in [-0.2, 0) is 0 Å². The minimum absolute atomic E-state index is 0.184. The molecule has 0 fully saturated rings. The van der Waals surface area contributed by atoms with Crippen molar-refractivity contribution in [2.24, 2.45) is 0 Å². The number of halogens is 2. The molecule has 0 N–H and O–H groups in total. The molecule has 0 unspecified atom stereocenters. The molecule has 1 heterocycles. The van der Waals surface area contributed by atoms with Gasteiger partial charge in [-0.25, -0.2) is 8.78 Å². The van der Waals surface area contributed by atoms with Gasteiger partial charge in [0.25, 0.3) is 6.43 Å². The fourth-order valence-corrected chi connectivity index (χ4v) is 0.900. The molecule has 0 spiro atoms. The van der Waals surface area contributed by atoms with Crippen LogP contribution in [0.25, 0.3) is 0 Å². The Morgan fingerprint density at radius 3 is 2.58 bits per heavy atom. The molecule has 0 aliphatic carbocycles. The van der Waals surface area contributed by atoms with Gasteiger partial charge in [-0.3, -0.25) is 4.98 Å². The molecule has 66 valence electrons. The highest BCUT2D eigenvalue weighted by Crippen LogP contribution is 2.22. The molecular weight excluding hydrogens is 164 g/mol. The lowest BCUT2D eigenvalue weighted by molar-refractivity contribution is 0.145. The summed E-state index contributed by atoms with van der Waals surface area (Å²) in [6.07, 6.45) is -1.23. The Morgan fingerprint density at radius 1 is 1.50 bits per heavy atom. The second kappa shape index (κ2) is 3.47. The minimum atomic E-state index is -2.52. The van der Waals surface area contributed by atoms with Crippen molar-refractivity contribution in [1.29, 1.82) is 0 Å². The van der Waals surface area contributed by atoms with Gasteiger partial charge >= 0.3 is 0 Å². The highest BCUT2D eigenvalue weighted by Gasteiger charge is 2.12. The van der Waals surface area contributed by atoms with Crippen LogP contribution in [0.5, 0.6) is 5.75 Å². The molecule has 0 aromatic carbocycles. The maximum atomic E-state index is 12.2. The van der Waals surface area contributed by atoms with Crippen molar-refractivity contribution in [2.45, 2.75) is 13.3 Å². The van der Waals surface area contributed by atoms with Crippen molar-refractivity contribution in [3.63, 3.8) is 0 Å². The van der Waals surface area contributed by atoms with E-state index in [9.17, 15) is 8.78 Å². The van der Waals surface area contributed by atoms with E-state index in [0.717, 1.165) is 0 Å². The number of hydrogen-bond acceptors (Lipinski definition) is 2. The van der Waals surface area contributed by atoms with Gasteiger partial charge in [-0.1, -0.05) is 0 Å². The van der Waals surface area contributed by atoms with Gasteiger partial charge in [0.05, 0.1) is 13.3 Å². The fraction of sp³-hybridized carbons (Fsp3) is 0.375. The summed E-state index contributed by atoms with van der Waals surface area (Å²) in [7, 11) is 1.47. The molecule has 1 aromatic heterocycles. The zero-order valence-corrected chi connectivity index (χ0v) is 6.84. The highest BCUT2D eigenvalue weighted by atomic mass is 19.3. The third-order valence-corrected chi connectivity index (χ3v) is 1.54. The lowest BCUT2D eigenvalue weighted by atomic mass is 10.2. The Hall–Kier alpha value is -1.19. The molecule has 1 aromatic rings. The van der Waals surface area contributed by atoms with Gasteiger partial charge in [0.15, 0.2) is 0 Å². The normalized spacial score (nSPS) is 10.4. The Kier molecular flexibility index (Phi) is 2.58. The zero-order valence-electron chi connectivity index (χ0n) is 6.84. The first-order valence-corrected chi connectivity index (χ1v) is 3.44. The van der Waals surface area contributed by atoms with Gasteiger partial charge in [0.2, 0.25) is 0 Å². The second-order valence-corrected chi connectivity index (χ2v) is 2.38. The van der Waals surface area contributed by atoms with E-state index in [1.807, 2.05) is 0 Å². The highest BCUT2D eigenvalue weighted by molar-refractivity contribution is 5.28. The topological polar surface area (TPSA) is 22.1 Å². The van der Waals surface area contributed by atoms with E-state index in [1.165, 1.54) is 19.4 Å². The smallest absolute Gasteiger partial charge is 0.280 e. The van der Waals surface area contributed by atoms with Crippen molar-refractivity contribution in [3.8, 4) is 5.75 Å². The number of methoxy groups -OCH3 is 1. The van der Waals surface area contributed by atoms with E-state index in [1.54, 1.807) is 6.92 Å². The Bertz CT molecular complexity index is 276. The van der Waals surface area contributed by atoms with Gasteiger partial charge in [-0.15, -0.1) is 0 Å². The van der Waals surface area contributed by atoms with E-state index in [2.05, 4.69) is 4.98 Å². The van der Waals surface area contributed by atoms with E-state index >= 15 is 0 Å². The number of alkyl halides is 2. The number of ether oxygens (including phenoxy) is 1. The predicted molar refractivity (Wildman–Crippen MR) is 40.5 cm³/mol. The fourth-order valence-electron chi connectivity index (χ4n) is 0.900. The van der Waals surface area contributed by atoms with Gasteiger partial charge in [-0.2, -0.15) is 0 Å². The van der Waals surface area contributed by atoms with Crippen LogP contribution in [0.3, 0.4) is 0 Å². The standard InChI is InChI=1S/C8H9F2NO/c1-5-3-6(12-2)4-11-7(5)8(9)10/h3-4,8H,1-2H3. The molecule has 0 saturated heterocycles. The zero-order chi connectivity index (χ0) is 9.14. The first kappa shape index (κ1) is 8.90. The summed E-state index contributed by atoms with van der Waals surface area (Å²) in [4.78, 5) is 3.57. The van der Waals surface area contributed by atoms with Crippen LogP contribution in [0.1, 0.15) is 17.7 Å². The maximum Gasteiger partial charge on any atom is 0.280 e. The average Bonchev–Trinajstić information content (AvgIpc) is 2.03. The molecule has 0 aliphatic heterocycles. The van der Waals surface area contributed by atoms with Gasteiger partial charge < -0.3 is 4.74 Å². The van der Waals surface area contributed by atoms with Crippen molar-refractivity contribution in [3.05, 3.63) is 23.5 Å². The molecule has 0 saturated carbocycles. The molecular formula is C8H9F2NO. The second-order valence-electron chi connectivity index (χ2n) is 2.38. The SMILES string of the molecule is COc1cnc(C(F)F)c(C)c1. The van der Waals surface area contributed by atoms with Crippen LogP contribution in [0.2, 0.25) is 0 Å². The quantitative estimate of drug-likeness (QED) is 0.684. The van der Waals surface area contributed by atoms with Crippen LogP contribution in [-0.4, -0.2) is 12.1 Å². The molecule has 4 heteroatoms. The number of aryl methyl sites for hydroxylation is 1. The first-order chi connectivity index (χ1) is 5.65. The van der Waals surface area contributed by atoms with Crippen LogP contribution >= 0.6 is 0 Å².